The number of halogens is 1. The predicted molar refractivity (Wildman–Crippen MR) is 78.0 cm³/mol. The molecule has 0 aliphatic rings. The van der Waals surface area contributed by atoms with Crippen LogP contribution in [0.15, 0.2) is 36.4 Å². The van der Waals surface area contributed by atoms with Crippen molar-refractivity contribution in [3.05, 3.63) is 63.7 Å². The second-order valence-corrected chi connectivity index (χ2v) is 5.09. The number of benzene rings is 2. The van der Waals surface area contributed by atoms with E-state index in [2.05, 4.69) is 0 Å². The van der Waals surface area contributed by atoms with Crippen LogP contribution < -0.4 is 4.74 Å². The summed E-state index contributed by atoms with van der Waals surface area (Å²) in [5.74, 6) is 0.678. The van der Waals surface area contributed by atoms with Crippen LogP contribution >= 0.6 is 11.6 Å². The lowest BCUT2D eigenvalue weighted by Crippen LogP contribution is -2.04. The van der Waals surface area contributed by atoms with E-state index in [0.29, 0.717) is 10.8 Å². The molecular formula is C16H17ClO2. The normalized spacial score (nSPS) is 12.3. The maximum atomic E-state index is 10.6. The van der Waals surface area contributed by atoms with Crippen molar-refractivity contribution in [3.63, 3.8) is 0 Å². The van der Waals surface area contributed by atoms with Crippen LogP contribution in [0, 0.1) is 13.8 Å². The van der Waals surface area contributed by atoms with E-state index in [0.717, 1.165) is 22.3 Å². The van der Waals surface area contributed by atoms with Crippen molar-refractivity contribution in [2.24, 2.45) is 0 Å². The van der Waals surface area contributed by atoms with Crippen LogP contribution in [0.25, 0.3) is 0 Å². The number of aryl methyl sites for hydroxylation is 2. The van der Waals surface area contributed by atoms with E-state index in [-0.39, 0.29) is 0 Å². The molecule has 2 aromatic rings. The number of rotatable bonds is 3. The fraction of sp³-hybridized carbons (Fsp3) is 0.250. The van der Waals surface area contributed by atoms with Gasteiger partial charge in [-0.1, -0.05) is 29.3 Å². The first-order valence-electron chi connectivity index (χ1n) is 6.11. The van der Waals surface area contributed by atoms with Crippen molar-refractivity contribution in [1.82, 2.24) is 0 Å². The molecule has 1 atom stereocenters. The van der Waals surface area contributed by atoms with Gasteiger partial charge in [0.2, 0.25) is 0 Å². The minimum atomic E-state index is -0.742. The predicted octanol–water partition coefficient (Wildman–Crippen LogP) is 4.05. The summed E-state index contributed by atoms with van der Waals surface area (Å²) in [7, 11) is 1.60. The Morgan fingerprint density at radius 2 is 1.79 bits per heavy atom. The van der Waals surface area contributed by atoms with Gasteiger partial charge in [-0.2, -0.15) is 0 Å². The fourth-order valence-corrected chi connectivity index (χ4v) is 2.32. The zero-order valence-electron chi connectivity index (χ0n) is 11.3. The molecule has 0 aliphatic heterocycles. The molecule has 0 aliphatic carbocycles. The van der Waals surface area contributed by atoms with Gasteiger partial charge in [0.25, 0.3) is 0 Å². The molecule has 2 nitrogen and oxygen atoms in total. The summed E-state index contributed by atoms with van der Waals surface area (Å²) in [5, 5.41) is 11.2. The first-order valence-corrected chi connectivity index (χ1v) is 6.49. The van der Waals surface area contributed by atoms with Gasteiger partial charge in [0.15, 0.2) is 0 Å². The number of methoxy groups -OCH3 is 1. The largest absolute Gasteiger partial charge is 0.496 e. The molecule has 19 heavy (non-hydrogen) atoms. The Morgan fingerprint density at radius 1 is 1.05 bits per heavy atom. The van der Waals surface area contributed by atoms with Gasteiger partial charge in [0.05, 0.1) is 7.11 Å². The number of aliphatic hydroxyl groups is 1. The van der Waals surface area contributed by atoms with Gasteiger partial charge in [0, 0.05) is 10.6 Å². The topological polar surface area (TPSA) is 29.5 Å². The number of ether oxygens (including phenoxy) is 1. The molecule has 0 radical (unpaired) electrons. The lowest BCUT2D eigenvalue weighted by molar-refractivity contribution is 0.214. The summed E-state index contributed by atoms with van der Waals surface area (Å²) in [5.41, 5.74) is 3.64. The van der Waals surface area contributed by atoms with Gasteiger partial charge in [-0.05, 0) is 49.2 Å². The second-order valence-electron chi connectivity index (χ2n) is 4.65. The molecule has 0 saturated heterocycles. The second kappa shape index (κ2) is 5.64. The fourth-order valence-electron chi connectivity index (χ4n) is 2.14. The van der Waals surface area contributed by atoms with Crippen molar-refractivity contribution in [2.45, 2.75) is 20.0 Å². The van der Waals surface area contributed by atoms with Gasteiger partial charge in [-0.3, -0.25) is 0 Å². The molecule has 1 unspecified atom stereocenters. The molecule has 0 aromatic heterocycles. The van der Waals surface area contributed by atoms with E-state index in [9.17, 15) is 5.11 Å². The molecule has 0 saturated carbocycles. The maximum absolute atomic E-state index is 10.6. The zero-order valence-corrected chi connectivity index (χ0v) is 12.0. The molecule has 2 aromatic carbocycles. The van der Waals surface area contributed by atoms with Crippen LogP contribution in [0.3, 0.4) is 0 Å². The quantitative estimate of drug-likeness (QED) is 0.916. The van der Waals surface area contributed by atoms with Crippen molar-refractivity contribution in [1.29, 1.82) is 0 Å². The van der Waals surface area contributed by atoms with Crippen molar-refractivity contribution in [2.75, 3.05) is 7.11 Å². The Hall–Kier alpha value is -1.51. The summed E-state index contributed by atoms with van der Waals surface area (Å²) in [6.45, 7) is 3.94. The van der Waals surface area contributed by atoms with Crippen LogP contribution in [0.1, 0.15) is 28.4 Å². The molecule has 1 N–H and O–H groups in total. The standard InChI is InChI=1S/C16H17ClO2/c1-10-4-7-15(19-3)14(8-10)16(18)13-9-12(17)6-5-11(13)2/h4-9,16,18H,1-3H3. The first-order chi connectivity index (χ1) is 9.02. The average molecular weight is 277 g/mol. The molecule has 3 heteroatoms. The molecule has 0 bridgehead atoms. The SMILES string of the molecule is COc1ccc(C)cc1C(O)c1cc(Cl)ccc1C. The summed E-state index contributed by atoms with van der Waals surface area (Å²) in [4.78, 5) is 0. The van der Waals surface area contributed by atoms with E-state index in [4.69, 9.17) is 16.3 Å². The molecular weight excluding hydrogens is 260 g/mol. The summed E-state index contributed by atoms with van der Waals surface area (Å²) < 4.78 is 5.32. The third-order valence-electron chi connectivity index (χ3n) is 3.22. The summed E-state index contributed by atoms with van der Waals surface area (Å²) >= 11 is 6.01. The highest BCUT2D eigenvalue weighted by molar-refractivity contribution is 6.30. The number of hydrogen-bond donors (Lipinski definition) is 1. The third-order valence-corrected chi connectivity index (χ3v) is 3.45. The molecule has 0 heterocycles. The van der Waals surface area contributed by atoms with Crippen molar-refractivity contribution >= 4 is 11.6 Å². The van der Waals surface area contributed by atoms with Gasteiger partial charge < -0.3 is 9.84 Å². The van der Waals surface area contributed by atoms with E-state index < -0.39 is 6.10 Å². The average Bonchev–Trinajstić information content (AvgIpc) is 2.40. The number of hydrogen-bond acceptors (Lipinski definition) is 2. The summed E-state index contributed by atoms with van der Waals surface area (Å²) in [6, 6.07) is 11.3. The van der Waals surface area contributed by atoms with Crippen LogP contribution in [0.5, 0.6) is 5.75 Å². The molecule has 0 fully saturated rings. The summed E-state index contributed by atoms with van der Waals surface area (Å²) in [6.07, 6.45) is -0.742. The maximum Gasteiger partial charge on any atom is 0.125 e. The minimum absolute atomic E-state index is 0.617. The van der Waals surface area contributed by atoms with Gasteiger partial charge in [-0.15, -0.1) is 0 Å². The third kappa shape index (κ3) is 2.91. The van der Waals surface area contributed by atoms with Crippen molar-refractivity contribution < 1.29 is 9.84 Å². The molecule has 0 amide bonds. The highest BCUT2D eigenvalue weighted by Gasteiger charge is 2.17. The molecule has 0 spiro atoms. The zero-order chi connectivity index (χ0) is 14.0. The Balaban J connectivity index is 2.51. The molecule has 2 rings (SSSR count). The lowest BCUT2D eigenvalue weighted by atomic mass is 9.96. The van der Waals surface area contributed by atoms with Gasteiger partial charge in [-0.25, -0.2) is 0 Å². The van der Waals surface area contributed by atoms with Gasteiger partial charge in [0.1, 0.15) is 11.9 Å². The lowest BCUT2D eigenvalue weighted by Gasteiger charge is -2.18. The van der Waals surface area contributed by atoms with Crippen LogP contribution in [-0.4, -0.2) is 12.2 Å². The Labute approximate surface area is 118 Å². The van der Waals surface area contributed by atoms with E-state index in [1.807, 2.05) is 44.2 Å². The Kier molecular flexibility index (Phi) is 4.13. The number of aliphatic hydroxyl groups excluding tert-OH is 1. The van der Waals surface area contributed by atoms with E-state index in [1.165, 1.54) is 0 Å². The highest BCUT2D eigenvalue weighted by Crippen LogP contribution is 2.33. The van der Waals surface area contributed by atoms with Crippen molar-refractivity contribution in [3.8, 4) is 5.75 Å². The van der Waals surface area contributed by atoms with E-state index >= 15 is 0 Å². The smallest absolute Gasteiger partial charge is 0.125 e. The highest BCUT2D eigenvalue weighted by atomic mass is 35.5. The van der Waals surface area contributed by atoms with Crippen LogP contribution in [0.2, 0.25) is 5.02 Å². The monoisotopic (exact) mass is 276 g/mol. The molecule has 100 valence electrons. The Morgan fingerprint density at radius 3 is 2.47 bits per heavy atom. The Bertz CT molecular complexity index is 593. The van der Waals surface area contributed by atoms with Gasteiger partial charge >= 0.3 is 0 Å². The first kappa shape index (κ1) is 13.9. The van der Waals surface area contributed by atoms with Crippen LogP contribution in [0.4, 0.5) is 0 Å². The van der Waals surface area contributed by atoms with E-state index in [1.54, 1.807) is 13.2 Å². The minimum Gasteiger partial charge on any atom is -0.496 e. The van der Waals surface area contributed by atoms with Crippen LogP contribution in [-0.2, 0) is 0 Å².